The molecule has 0 aromatic heterocycles. The maximum atomic E-state index is 12.2. The molecule has 24 heavy (non-hydrogen) atoms. The van der Waals surface area contributed by atoms with Gasteiger partial charge in [-0.1, -0.05) is 13.8 Å². The molecule has 0 radical (unpaired) electrons. The molecule has 1 aliphatic carbocycles. The number of carbonyl (C=O) groups excluding carboxylic acids is 2. The Bertz CT molecular complexity index is 610. The van der Waals surface area contributed by atoms with E-state index in [2.05, 4.69) is 10.6 Å². The van der Waals surface area contributed by atoms with Gasteiger partial charge in [0.1, 0.15) is 0 Å². The van der Waals surface area contributed by atoms with Crippen LogP contribution in [0.3, 0.4) is 0 Å². The van der Waals surface area contributed by atoms with Crippen LogP contribution >= 0.6 is 0 Å². The maximum Gasteiger partial charge on any atom is 0.306 e. The second kappa shape index (κ2) is 7.95. The molecule has 2 amide bonds. The maximum absolute atomic E-state index is 12.2. The molecule has 1 fully saturated rings. The van der Waals surface area contributed by atoms with Crippen molar-refractivity contribution < 1.29 is 19.5 Å². The molecule has 6 nitrogen and oxygen atoms in total. The Kier molecular flexibility index (Phi) is 5.95. The molecule has 0 heterocycles. The highest BCUT2D eigenvalue weighted by Gasteiger charge is 2.33. The largest absolute Gasteiger partial charge is 0.481 e. The monoisotopic (exact) mass is 332 g/mol. The first-order chi connectivity index (χ1) is 11.3. The molecular weight excluding hydrogens is 308 g/mol. The molecule has 130 valence electrons. The van der Waals surface area contributed by atoms with E-state index in [1.54, 1.807) is 24.3 Å². The van der Waals surface area contributed by atoms with E-state index in [0.717, 1.165) is 0 Å². The normalized spacial score (nSPS) is 20.0. The molecule has 0 aliphatic heterocycles. The van der Waals surface area contributed by atoms with Gasteiger partial charge in [-0.15, -0.1) is 0 Å². The van der Waals surface area contributed by atoms with Crippen LogP contribution in [-0.2, 0) is 14.4 Å². The Morgan fingerprint density at radius 1 is 1.04 bits per heavy atom. The SMILES string of the molecule is CC(C)CC(=O)Nc1ccc(NC(=O)[C@@H]2CC[C@H](C(=O)O)C2)cc1. The van der Waals surface area contributed by atoms with Gasteiger partial charge >= 0.3 is 5.97 Å². The van der Waals surface area contributed by atoms with Crippen LogP contribution in [-0.4, -0.2) is 22.9 Å². The van der Waals surface area contributed by atoms with Crippen LogP contribution in [0.5, 0.6) is 0 Å². The van der Waals surface area contributed by atoms with Gasteiger partial charge in [-0.3, -0.25) is 14.4 Å². The van der Waals surface area contributed by atoms with Gasteiger partial charge in [0.05, 0.1) is 5.92 Å². The summed E-state index contributed by atoms with van der Waals surface area (Å²) < 4.78 is 0. The standard InChI is InChI=1S/C18H24N2O4/c1-11(2)9-16(21)19-14-5-7-15(8-6-14)20-17(22)12-3-4-13(10-12)18(23)24/h5-8,11-13H,3-4,9-10H2,1-2H3,(H,19,21)(H,20,22)(H,23,24)/t12-,13+/m1/s1. The molecule has 1 saturated carbocycles. The second-order valence-electron chi connectivity index (χ2n) is 6.76. The van der Waals surface area contributed by atoms with Gasteiger partial charge in [-0.2, -0.15) is 0 Å². The van der Waals surface area contributed by atoms with Crippen LogP contribution in [0, 0.1) is 17.8 Å². The minimum atomic E-state index is -0.827. The quantitative estimate of drug-likeness (QED) is 0.746. The van der Waals surface area contributed by atoms with Crippen molar-refractivity contribution in [3.63, 3.8) is 0 Å². The Labute approximate surface area is 141 Å². The van der Waals surface area contributed by atoms with E-state index in [0.29, 0.717) is 43.0 Å². The number of aliphatic carboxylic acids is 1. The molecule has 0 spiro atoms. The summed E-state index contributed by atoms with van der Waals surface area (Å²) in [6, 6.07) is 6.93. The Morgan fingerprint density at radius 2 is 1.58 bits per heavy atom. The third kappa shape index (κ3) is 5.08. The molecule has 2 atom stereocenters. The lowest BCUT2D eigenvalue weighted by Crippen LogP contribution is -2.21. The Hall–Kier alpha value is -2.37. The number of nitrogens with one attached hydrogen (secondary N) is 2. The first kappa shape index (κ1) is 18.0. The fourth-order valence-corrected chi connectivity index (χ4v) is 2.91. The van der Waals surface area contributed by atoms with Crippen molar-refractivity contribution in [1.29, 1.82) is 0 Å². The van der Waals surface area contributed by atoms with Crippen molar-refractivity contribution in [2.75, 3.05) is 10.6 Å². The highest BCUT2D eigenvalue weighted by molar-refractivity contribution is 5.94. The number of rotatable bonds is 6. The Balaban J connectivity index is 1.86. The Morgan fingerprint density at radius 3 is 2.08 bits per heavy atom. The number of hydrogen-bond acceptors (Lipinski definition) is 3. The van der Waals surface area contributed by atoms with E-state index >= 15 is 0 Å². The summed E-state index contributed by atoms with van der Waals surface area (Å²) >= 11 is 0. The average Bonchev–Trinajstić information content (AvgIpc) is 2.98. The van der Waals surface area contributed by atoms with Crippen molar-refractivity contribution in [3.05, 3.63) is 24.3 Å². The molecular formula is C18H24N2O4. The molecule has 1 aromatic rings. The van der Waals surface area contributed by atoms with E-state index in [9.17, 15) is 14.4 Å². The molecule has 1 aromatic carbocycles. The molecule has 3 N–H and O–H groups in total. The van der Waals surface area contributed by atoms with E-state index in [4.69, 9.17) is 5.11 Å². The number of anilines is 2. The summed E-state index contributed by atoms with van der Waals surface area (Å²) in [6.45, 7) is 3.96. The molecule has 6 heteroatoms. The van der Waals surface area contributed by atoms with Crippen molar-refractivity contribution in [2.24, 2.45) is 17.8 Å². The van der Waals surface area contributed by atoms with E-state index in [1.165, 1.54) is 0 Å². The van der Waals surface area contributed by atoms with Crippen molar-refractivity contribution in [2.45, 2.75) is 39.5 Å². The molecule has 2 rings (SSSR count). The smallest absolute Gasteiger partial charge is 0.306 e. The summed E-state index contributed by atoms with van der Waals surface area (Å²) in [4.78, 5) is 34.9. The van der Waals surface area contributed by atoms with Gasteiger partial charge in [-0.05, 0) is 49.4 Å². The zero-order valence-corrected chi connectivity index (χ0v) is 14.0. The number of amides is 2. The third-order valence-electron chi connectivity index (χ3n) is 4.18. The van der Waals surface area contributed by atoms with Crippen molar-refractivity contribution >= 4 is 29.2 Å². The number of carboxylic acid groups (broad SMARTS) is 1. The molecule has 0 unspecified atom stereocenters. The number of benzene rings is 1. The van der Waals surface area contributed by atoms with Crippen LogP contribution in [0.25, 0.3) is 0 Å². The summed E-state index contributed by atoms with van der Waals surface area (Å²) in [6.07, 6.45) is 2.01. The van der Waals surface area contributed by atoms with Crippen LogP contribution in [0.15, 0.2) is 24.3 Å². The summed E-state index contributed by atoms with van der Waals surface area (Å²) in [5.41, 5.74) is 1.33. The molecule has 0 saturated heterocycles. The topological polar surface area (TPSA) is 95.5 Å². The fraction of sp³-hybridized carbons (Fsp3) is 0.500. The van der Waals surface area contributed by atoms with Gasteiger partial charge in [0.2, 0.25) is 11.8 Å². The number of carboxylic acids is 1. The second-order valence-corrected chi connectivity index (χ2v) is 6.76. The van der Waals surface area contributed by atoms with Crippen molar-refractivity contribution in [3.8, 4) is 0 Å². The minimum Gasteiger partial charge on any atom is -0.481 e. The molecule has 0 bridgehead atoms. The lowest BCUT2D eigenvalue weighted by molar-refractivity contribution is -0.141. The zero-order valence-electron chi connectivity index (χ0n) is 14.0. The summed E-state index contributed by atoms with van der Waals surface area (Å²) in [7, 11) is 0. The van der Waals surface area contributed by atoms with Crippen molar-refractivity contribution in [1.82, 2.24) is 0 Å². The van der Waals surface area contributed by atoms with E-state index < -0.39 is 11.9 Å². The van der Waals surface area contributed by atoms with E-state index in [-0.39, 0.29) is 17.7 Å². The number of carbonyl (C=O) groups is 3. The summed E-state index contributed by atoms with van der Waals surface area (Å²) in [5.74, 6) is -1.38. The first-order valence-corrected chi connectivity index (χ1v) is 8.28. The van der Waals surface area contributed by atoms with Crippen LogP contribution in [0.1, 0.15) is 39.5 Å². The van der Waals surface area contributed by atoms with Gasteiger partial charge in [0.25, 0.3) is 0 Å². The van der Waals surface area contributed by atoms with Gasteiger partial charge in [0, 0.05) is 23.7 Å². The predicted molar refractivity (Wildman–Crippen MR) is 91.6 cm³/mol. The summed E-state index contributed by atoms with van der Waals surface area (Å²) in [5, 5.41) is 14.6. The van der Waals surface area contributed by atoms with Crippen LogP contribution in [0.2, 0.25) is 0 Å². The lowest BCUT2D eigenvalue weighted by Gasteiger charge is -2.12. The number of hydrogen-bond donors (Lipinski definition) is 3. The predicted octanol–water partition coefficient (Wildman–Crippen LogP) is 3.11. The van der Waals surface area contributed by atoms with Crippen LogP contribution < -0.4 is 10.6 Å². The van der Waals surface area contributed by atoms with Gasteiger partial charge < -0.3 is 15.7 Å². The average molecular weight is 332 g/mol. The van der Waals surface area contributed by atoms with E-state index in [1.807, 2.05) is 13.8 Å². The first-order valence-electron chi connectivity index (χ1n) is 8.28. The minimum absolute atomic E-state index is 0.0348. The van der Waals surface area contributed by atoms with Gasteiger partial charge in [-0.25, -0.2) is 0 Å². The van der Waals surface area contributed by atoms with Gasteiger partial charge in [0.15, 0.2) is 0 Å². The van der Waals surface area contributed by atoms with Crippen LogP contribution in [0.4, 0.5) is 11.4 Å². The third-order valence-corrected chi connectivity index (χ3v) is 4.18. The highest BCUT2D eigenvalue weighted by atomic mass is 16.4. The fourth-order valence-electron chi connectivity index (χ4n) is 2.91. The highest BCUT2D eigenvalue weighted by Crippen LogP contribution is 2.32. The lowest BCUT2D eigenvalue weighted by atomic mass is 10.0. The molecule has 1 aliphatic rings. The zero-order chi connectivity index (χ0) is 17.7.